The van der Waals surface area contributed by atoms with Crippen molar-refractivity contribution in [3.63, 3.8) is 0 Å². The summed E-state index contributed by atoms with van der Waals surface area (Å²) in [6.07, 6.45) is 1.71. The average Bonchev–Trinajstić information content (AvgIpc) is 2.68. The molecule has 15 heavy (non-hydrogen) atoms. The molecular formula is C12H15NO2. The second kappa shape index (κ2) is 4.45. The van der Waals surface area contributed by atoms with Crippen molar-refractivity contribution in [3.8, 4) is 0 Å². The van der Waals surface area contributed by atoms with Crippen molar-refractivity contribution in [3.05, 3.63) is 35.9 Å². The second-order valence-corrected chi connectivity index (χ2v) is 4.09. The minimum Gasteiger partial charge on any atom is -0.480 e. The minimum atomic E-state index is -0.731. The molecule has 2 rings (SSSR count). The predicted molar refractivity (Wildman–Crippen MR) is 57.7 cm³/mol. The van der Waals surface area contributed by atoms with Crippen LogP contribution < -0.4 is 5.32 Å². The van der Waals surface area contributed by atoms with Gasteiger partial charge in [0.05, 0.1) is 0 Å². The molecule has 1 aromatic carbocycles. The van der Waals surface area contributed by atoms with Crippen LogP contribution in [0.5, 0.6) is 0 Å². The Bertz CT molecular complexity index is 337. The van der Waals surface area contributed by atoms with Crippen LogP contribution in [-0.4, -0.2) is 23.7 Å². The Labute approximate surface area is 89.1 Å². The highest BCUT2D eigenvalue weighted by molar-refractivity contribution is 5.73. The quantitative estimate of drug-likeness (QED) is 0.781. The molecule has 3 heteroatoms. The Balaban J connectivity index is 1.90. The van der Waals surface area contributed by atoms with E-state index in [-0.39, 0.29) is 6.04 Å². The zero-order valence-electron chi connectivity index (χ0n) is 8.52. The van der Waals surface area contributed by atoms with Crippen LogP contribution in [0, 0.1) is 5.92 Å². The fraction of sp³-hybridized carbons (Fsp3) is 0.417. The third-order valence-corrected chi connectivity index (χ3v) is 2.89. The van der Waals surface area contributed by atoms with Crippen LogP contribution in [-0.2, 0) is 11.2 Å². The van der Waals surface area contributed by atoms with E-state index in [1.807, 2.05) is 18.2 Å². The molecule has 1 aliphatic heterocycles. The lowest BCUT2D eigenvalue weighted by atomic mass is 9.97. The summed E-state index contributed by atoms with van der Waals surface area (Å²) in [6.45, 7) is 0.811. The van der Waals surface area contributed by atoms with Crippen molar-refractivity contribution in [2.75, 3.05) is 6.54 Å². The molecular weight excluding hydrogens is 190 g/mol. The van der Waals surface area contributed by atoms with Crippen LogP contribution >= 0.6 is 0 Å². The second-order valence-electron chi connectivity index (χ2n) is 4.09. The summed E-state index contributed by atoms with van der Waals surface area (Å²) < 4.78 is 0. The maximum Gasteiger partial charge on any atom is 0.320 e. The number of rotatable bonds is 3. The lowest BCUT2D eigenvalue weighted by molar-refractivity contribution is -0.139. The number of carbonyl (C=O) groups is 1. The monoisotopic (exact) mass is 205 g/mol. The van der Waals surface area contributed by atoms with Gasteiger partial charge in [-0.05, 0) is 30.9 Å². The number of hydrogen-bond acceptors (Lipinski definition) is 2. The summed E-state index contributed by atoms with van der Waals surface area (Å²) in [5.41, 5.74) is 1.29. The first-order chi connectivity index (χ1) is 7.25. The van der Waals surface area contributed by atoms with Crippen LogP contribution in [0.1, 0.15) is 12.0 Å². The van der Waals surface area contributed by atoms with Crippen molar-refractivity contribution in [1.29, 1.82) is 0 Å². The first-order valence-corrected chi connectivity index (χ1v) is 5.26. The van der Waals surface area contributed by atoms with Crippen molar-refractivity contribution < 1.29 is 9.90 Å². The molecule has 0 aliphatic carbocycles. The molecule has 1 heterocycles. The van der Waals surface area contributed by atoms with Gasteiger partial charge in [0.1, 0.15) is 6.04 Å². The number of nitrogens with one attached hydrogen (secondary N) is 1. The zero-order valence-corrected chi connectivity index (χ0v) is 8.52. The molecule has 0 amide bonds. The minimum absolute atomic E-state index is 0.348. The van der Waals surface area contributed by atoms with Crippen molar-refractivity contribution in [2.45, 2.75) is 18.9 Å². The van der Waals surface area contributed by atoms with E-state index in [2.05, 4.69) is 17.4 Å². The molecule has 0 radical (unpaired) electrons. The van der Waals surface area contributed by atoms with Gasteiger partial charge in [0.25, 0.3) is 0 Å². The smallest absolute Gasteiger partial charge is 0.320 e. The number of carboxylic acids is 1. The van der Waals surface area contributed by atoms with E-state index >= 15 is 0 Å². The molecule has 1 saturated heterocycles. The van der Waals surface area contributed by atoms with E-state index < -0.39 is 5.97 Å². The molecule has 3 nitrogen and oxygen atoms in total. The van der Waals surface area contributed by atoms with Crippen LogP contribution in [0.2, 0.25) is 0 Å². The first kappa shape index (κ1) is 10.2. The van der Waals surface area contributed by atoms with Crippen LogP contribution in [0.4, 0.5) is 0 Å². The SMILES string of the molecule is O=C(O)C1CC(Cc2ccccc2)CN1. The Kier molecular flexibility index (Phi) is 3.02. The largest absolute Gasteiger partial charge is 0.480 e. The molecule has 1 fully saturated rings. The molecule has 0 aromatic heterocycles. The van der Waals surface area contributed by atoms with Crippen LogP contribution in [0.25, 0.3) is 0 Å². The van der Waals surface area contributed by atoms with Gasteiger partial charge in [0.2, 0.25) is 0 Å². The van der Waals surface area contributed by atoms with E-state index in [1.54, 1.807) is 0 Å². The third kappa shape index (κ3) is 2.57. The molecule has 1 aromatic rings. The topological polar surface area (TPSA) is 49.3 Å². The van der Waals surface area contributed by atoms with Gasteiger partial charge in [0.15, 0.2) is 0 Å². The molecule has 80 valence electrons. The van der Waals surface area contributed by atoms with Gasteiger partial charge >= 0.3 is 5.97 Å². The summed E-state index contributed by atoms with van der Waals surface area (Å²) in [6, 6.07) is 9.87. The van der Waals surface area contributed by atoms with E-state index in [9.17, 15) is 4.79 Å². The molecule has 1 aliphatic rings. The third-order valence-electron chi connectivity index (χ3n) is 2.89. The normalized spacial score (nSPS) is 25.3. The predicted octanol–water partition coefficient (Wildman–Crippen LogP) is 1.29. The zero-order chi connectivity index (χ0) is 10.7. The Hall–Kier alpha value is -1.35. The Morgan fingerprint density at radius 3 is 2.73 bits per heavy atom. The number of benzene rings is 1. The fourth-order valence-electron chi connectivity index (χ4n) is 2.10. The van der Waals surface area contributed by atoms with Gasteiger partial charge in [-0.15, -0.1) is 0 Å². The Morgan fingerprint density at radius 2 is 2.13 bits per heavy atom. The molecule has 2 N–H and O–H groups in total. The summed E-state index contributed by atoms with van der Waals surface area (Å²) in [4.78, 5) is 10.7. The van der Waals surface area contributed by atoms with E-state index in [0.29, 0.717) is 5.92 Å². The Morgan fingerprint density at radius 1 is 1.40 bits per heavy atom. The van der Waals surface area contributed by atoms with Crippen LogP contribution in [0.3, 0.4) is 0 Å². The van der Waals surface area contributed by atoms with E-state index in [0.717, 1.165) is 19.4 Å². The van der Waals surface area contributed by atoms with E-state index in [1.165, 1.54) is 5.56 Å². The molecule has 0 saturated carbocycles. The number of aliphatic carboxylic acids is 1. The maximum atomic E-state index is 10.7. The molecule has 0 spiro atoms. The van der Waals surface area contributed by atoms with Crippen molar-refractivity contribution in [1.82, 2.24) is 5.32 Å². The van der Waals surface area contributed by atoms with Gasteiger partial charge in [-0.2, -0.15) is 0 Å². The maximum absolute atomic E-state index is 10.7. The highest BCUT2D eigenvalue weighted by Crippen LogP contribution is 2.19. The van der Waals surface area contributed by atoms with Gasteiger partial charge in [-0.25, -0.2) is 0 Å². The highest BCUT2D eigenvalue weighted by Gasteiger charge is 2.28. The summed E-state index contributed by atoms with van der Waals surface area (Å²) in [5.74, 6) is -0.279. The van der Waals surface area contributed by atoms with Crippen LogP contribution in [0.15, 0.2) is 30.3 Å². The fourth-order valence-corrected chi connectivity index (χ4v) is 2.10. The molecule has 2 atom stereocenters. The summed E-state index contributed by atoms with van der Waals surface area (Å²) >= 11 is 0. The number of carboxylic acid groups (broad SMARTS) is 1. The standard InChI is InChI=1S/C12H15NO2/c14-12(15)11-7-10(8-13-11)6-9-4-2-1-3-5-9/h1-5,10-11,13H,6-8H2,(H,14,15). The first-order valence-electron chi connectivity index (χ1n) is 5.26. The van der Waals surface area contributed by atoms with Crippen molar-refractivity contribution >= 4 is 5.97 Å². The van der Waals surface area contributed by atoms with Crippen molar-refractivity contribution in [2.24, 2.45) is 5.92 Å². The van der Waals surface area contributed by atoms with Gasteiger partial charge in [0, 0.05) is 0 Å². The van der Waals surface area contributed by atoms with Gasteiger partial charge in [-0.3, -0.25) is 4.79 Å². The van der Waals surface area contributed by atoms with E-state index in [4.69, 9.17) is 5.11 Å². The molecule has 0 bridgehead atoms. The lowest BCUT2D eigenvalue weighted by Crippen LogP contribution is -2.29. The highest BCUT2D eigenvalue weighted by atomic mass is 16.4. The lowest BCUT2D eigenvalue weighted by Gasteiger charge is -2.07. The average molecular weight is 205 g/mol. The van der Waals surface area contributed by atoms with Gasteiger partial charge < -0.3 is 10.4 Å². The molecule has 2 unspecified atom stereocenters. The summed E-state index contributed by atoms with van der Waals surface area (Å²) in [7, 11) is 0. The summed E-state index contributed by atoms with van der Waals surface area (Å²) in [5, 5.41) is 11.9. The number of hydrogen-bond donors (Lipinski definition) is 2. The van der Waals surface area contributed by atoms with Gasteiger partial charge in [-0.1, -0.05) is 30.3 Å².